The first-order chi connectivity index (χ1) is 15.9. The van der Waals surface area contributed by atoms with E-state index < -0.39 is 15.9 Å². The second-order valence-electron chi connectivity index (χ2n) is 7.78. The summed E-state index contributed by atoms with van der Waals surface area (Å²) in [5.41, 5.74) is 0.829. The lowest BCUT2D eigenvalue weighted by molar-refractivity contribution is -0.132. The van der Waals surface area contributed by atoms with Gasteiger partial charge in [0.2, 0.25) is 5.91 Å². The molecule has 3 rings (SSSR count). The smallest absolute Gasteiger partial charge is 0.339 e. The molecule has 0 saturated carbocycles. The molecule has 176 valence electrons. The monoisotopic (exact) mass is 473 g/mol. The van der Waals surface area contributed by atoms with Crippen molar-refractivity contribution in [2.24, 2.45) is 0 Å². The van der Waals surface area contributed by atoms with Crippen molar-refractivity contribution in [2.75, 3.05) is 0 Å². The number of furan rings is 1. The molecule has 0 spiro atoms. The Bertz CT molecular complexity index is 1110. The number of nitrogens with zero attached hydrogens (tertiary/aromatic N) is 1. The second kappa shape index (κ2) is 11.7. The van der Waals surface area contributed by atoms with Crippen molar-refractivity contribution >= 4 is 16.0 Å². The molecular weight excluding hydrogens is 445 g/mol. The normalized spacial score (nSPS) is 11.3. The average molecular weight is 474 g/mol. The predicted octanol–water partition coefficient (Wildman–Crippen LogP) is 5.69. The van der Waals surface area contributed by atoms with Crippen molar-refractivity contribution in [3.63, 3.8) is 0 Å². The molecule has 0 atom stereocenters. The highest BCUT2D eigenvalue weighted by Gasteiger charge is 2.18. The Labute approximate surface area is 194 Å². The minimum atomic E-state index is -4.07. The fraction of sp³-hybridized carbons (Fsp3) is 0.320. The van der Waals surface area contributed by atoms with E-state index in [9.17, 15) is 17.6 Å². The lowest BCUT2D eigenvalue weighted by Crippen LogP contribution is -2.29. The van der Waals surface area contributed by atoms with Crippen LogP contribution < -0.4 is 4.18 Å². The van der Waals surface area contributed by atoms with Crippen LogP contribution >= 0.6 is 0 Å². The van der Waals surface area contributed by atoms with E-state index in [-0.39, 0.29) is 16.6 Å². The van der Waals surface area contributed by atoms with Gasteiger partial charge in [-0.3, -0.25) is 4.79 Å². The summed E-state index contributed by atoms with van der Waals surface area (Å²) >= 11 is 0. The number of carbonyl (C=O) groups excluding carboxylic acids is 1. The highest BCUT2D eigenvalue weighted by atomic mass is 32.2. The van der Waals surface area contributed by atoms with Crippen molar-refractivity contribution in [2.45, 2.75) is 57.0 Å². The molecule has 3 aromatic rings. The summed E-state index contributed by atoms with van der Waals surface area (Å²) < 4.78 is 48.4. The second-order valence-corrected chi connectivity index (χ2v) is 9.32. The molecule has 0 fully saturated rings. The van der Waals surface area contributed by atoms with Gasteiger partial charge in [0.25, 0.3) is 0 Å². The van der Waals surface area contributed by atoms with Gasteiger partial charge >= 0.3 is 10.1 Å². The molecule has 0 N–H and O–H groups in total. The summed E-state index contributed by atoms with van der Waals surface area (Å²) in [6, 6.07) is 14.5. The van der Waals surface area contributed by atoms with Gasteiger partial charge in [-0.15, -0.1) is 0 Å². The summed E-state index contributed by atoms with van der Waals surface area (Å²) in [4.78, 5) is 14.4. The van der Waals surface area contributed by atoms with Crippen LogP contribution in [0.4, 0.5) is 4.39 Å². The number of carbonyl (C=O) groups is 1. The number of benzene rings is 2. The molecule has 1 aromatic heterocycles. The van der Waals surface area contributed by atoms with Crippen LogP contribution in [0.25, 0.3) is 0 Å². The Morgan fingerprint density at radius 3 is 2.33 bits per heavy atom. The molecule has 0 aliphatic heterocycles. The van der Waals surface area contributed by atoms with Crippen LogP contribution in [0.3, 0.4) is 0 Å². The van der Waals surface area contributed by atoms with E-state index in [2.05, 4.69) is 6.92 Å². The van der Waals surface area contributed by atoms with Gasteiger partial charge in [-0.1, -0.05) is 38.3 Å². The van der Waals surface area contributed by atoms with Crippen LogP contribution in [-0.4, -0.2) is 19.2 Å². The first kappa shape index (κ1) is 24.5. The zero-order valence-electron chi connectivity index (χ0n) is 18.6. The Morgan fingerprint density at radius 2 is 1.70 bits per heavy atom. The Hall–Kier alpha value is -3.13. The summed E-state index contributed by atoms with van der Waals surface area (Å²) in [6.07, 6.45) is 6.12. The summed E-state index contributed by atoms with van der Waals surface area (Å²) in [6.45, 7) is 2.85. The molecule has 1 amide bonds. The molecule has 0 saturated heterocycles. The van der Waals surface area contributed by atoms with E-state index in [4.69, 9.17) is 8.60 Å². The third-order valence-electron chi connectivity index (χ3n) is 5.13. The molecule has 6 nitrogen and oxygen atoms in total. The maximum Gasteiger partial charge on any atom is 0.339 e. The first-order valence-corrected chi connectivity index (χ1v) is 12.4. The van der Waals surface area contributed by atoms with E-state index in [1.165, 1.54) is 12.1 Å². The third kappa shape index (κ3) is 7.46. The van der Waals surface area contributed by atoms with Gasteiger partial charge in [-0.25, -0.2) is 4.39 Å². The molecular formula is C25H28FNO5S. The fourth-order valence-corrected chi connectivity index (χ4v) is 4.26. The maximum absolute atomic E-state index is 13.1. The molecule has 2 aromatic carbocycles. The van der Waals surface area contributed by atoms with E-state index in [0.29, 0.717) is 25.3 Å². The lowest BCUT2D eigenvalue weighted by Gasteiger charge is -2.22. The average Bonchev–Trinajstić information content (AvgIpc) is 3.31. The third-order valence-corrected chi connectivity index (χ3v) is 6.39. The minimum absolute atomic E-state index is 0.0433. The van der Waals surface area contributed by atoms with Gasteiger partial charge in [-0.05, 0) is 60.5 Å². The molecule has 0 aliphatic rings. The number of halogens is 1. The van der Waals surface area contributed by atoms with Gasteiger partial charge in [-0.2, -0.15) is 8.42 Å². The topological polar surface area (TPSA) is 76.8 Å². The van der Waals surface area contributed by atoms with E-state index >= 15 is 0 Å². The Morgan fingerprint density at radius 1 is 0.970 bits per heavy atom. The van der Waals surface area contributed by atoms with Gasteiger partial charge in [0, 0.05) is 13.0 Å². The van der Waals surface area contributed by atoms with Crippen molar-refractivity contribution in [3.8, 4) is 5.75 Å². The van der Waals surface area contributed by atoms with Crippen molar-refractivity contribution in [1.29, 1.82) is 0 Å². The molecule has 8 heteroatoms. The Balaban J connectivity index is 1.66. The fourth-order valence-electron chi connectivity index (χ4n) is 3.33. The lowest BCUT2D eigenvalue weighted by atomic mass is 10.1. The maximum atomic E-state index is 13.1. The van der Waals surface area contributed by atoms with Crippen LogP contribution in [-0.2, 0) is 28.0 Å². The van der Waals surface area contributed by atoms with E-state index in [1.54, 1.807) is 29.4 Å². The number of rotatable bonds is 12. The van der Waals surface area contributed by atoms with Gasteiger partial charge < -0.3 is 13.5 Å². The predicted molar refractivity (Wildman–Crippen MR) is 122 cm³/mol. The van der Waals surface area contributed by atoms with Gasteiger partial charge in [0.1, 0.15) is 22.2 Å². The van der Waals surface area contributed by atoms with Gasteiger partial charge in [0.05, 0.1) is 12.8 Å². The zero-order chi connectivity index (χ0) is 23.7. The minimum Gasteiger partial charge on any atom is -0.467 e. The van der Waals surface area contributed by atoms with Gasteiger partial charge in [0.15, 0.2) is 0 Å². The number of amides is 1. The summed E-state index contributed by atoms with van der Waals surface area (Å²) in [5, 5.41) is 0. The van der Waals surface area contributed by atoms with Crippen LogP contribution in [0.5, 0.6) is 5.75 Å². The molecule has 33 heavy (non-hydrogen) atoms. The zero-order valence-corrected chi connectivity index (χ0v) is 19.4. The van der Waals surface area contributed by atoms with Crippen molar-refractivity contribution in [3.05, 3.63) is 84.1 Å². The van der Waals surface area contributed by atoms with Crippen molar-refractivity contribution < 1.29 is 26.2 Å². The summed E-state index contributed by atoms with van der Waals surface area (Å²) in [7, 11) is -4.07. The van der Waals surface area contributed by atoms with Crippen LogP contribution in [0.1, 0.15) is 50.4 Å². The van der Waals surface area contributed by atoms with E-state index in [1.807, 2.05) is 6.07 Å². The molecule has 0 unspecified atom stereocenters. The number of unbranched alkanes of at least 4 members (excludes halogenated alkanes) is 3. The highest BCUT2D eigenvalue weighted by molar-refractivity contribution is 7.87. The largest absolute Gasteiger partial charge is 0.467 e. The van der Waals surface area contributed by atoms with Crippen molar-refractivity contribution in [1.82, 2.24) is 4.90 Å². The number of hydrogen-bond acceptors (Lipinski definition) is 5. The quantitative estimate of drug-likeness (QED) is 0.250. The van der Waals surface area contributed by atoms with Crippen LogP contribution in [0, 0.1) is 5.82 Å². The van der Waals surface area contributed by atoms with Crippen LogP contribution in [0.2, 0.25) is 0 Å². The van der Waals surface area contributed by atoms with E-state index in [0.717, 1.165) is 55.5 Å². The molecule has 0 radical (unpaired) electrons. The summed E-state index contributed by atoms with van der Waals surface area (Å²) in [5.74, 6) is 0.341. The first-order valence-electron chi connectivity index (χ1n) is 11.0. The molecule has 0 aliphatic carbocycles. The Kier molecular flexibility index (Phi) is 8.65. The standard InChI is InChI=1S/C25H28FNO5S/c1-2-3-4-5-8-25(28)27(19-23-7-6-17-31-23)18-20-9-13-22(14-10-20)32-33(29,30)24-15-11-21(26)12-16-24/h6-7,9-17H,2-5,8,18-19H2,1H3. The molecule has 1 heterocycles. The SMILES string of the molecule is CCCCCCC(=O)N(Cc1ccc(OS(=O)(=O)c2ccc(F)cc2)cc1)Cc1ccco1. The molecule has 0 bridgehead atoms. The van der Waals surface area contributed by atoms with Crippen LogP contribution in [0.15, 0.2) is 76.2 Å². The highest BCUT2D eigenvalue weighted by Crippen LogP contribution is 2.21. The number of hydrogen-bond donors (Lipinski definition) is 0.